The molecule has 2 heterocycles. The van der Waals surface area contributed by atoms with Crippen LogP contribution < -0.4 is 5.32 Å². The summed E-state index contributed by atoms with van der Waals surface area (Å²) in [5, 5.41) is 7.75. The summed E-state index contributed by atoms with van der Waals surface area (Å²) in [4.78, 5) is 16.9. The normalized spacial score (nSPS) is 12.7. The van der Waals surface area contributed by atoms with Crippen molar-refractivity contribution in [2.24, 2.45) is 0 Å². The maximum Gasteiger partial charge on any atom is 0.226 e. The second-order valence-corrected chi connectivity index (χ2v) is 7.52. The molecule has 2 aromatic carbocycles. The predicted octanol–water partition coefficient (Wildman–Crippen LogP) is 4.73. The molecule has 0 spiro atoms. The van der Waals surface area contributed by atoms with E-state index in [0.29, 0.717) is 23.6 Å². The van der Waals surface area contributed by atoms with E-state index in [4.69, 9.17) is 9.52 Å². The van der Waals surface area contributed by atoms with E-state index in [0.717, 1.165) is 42.0 Å². The summed E-state index contributed by atoms with van der Waals surface area (Å²) in [5.41, 5.74) is 3.42. The van der Waals surface area contributed by atoms with Gasteiger partial charge in [0.1, 0.15) is 11.6 Å². The smallest absolute Gasteiger partial charge is 0.226 e. The van der Waals surface area contributed by atoms with Gasteiger partial charge in [0.25, 0.3) is 0 Å². The quantitative estimate of drug-likeness (QED) is 0.493. The molecule has 0 radical (unpaired) electrons. The van der Waals surface area contributed by atoms with E-state index in [9.17, 15) is 9.18 Å². The van der Waals surface area contributed by atoms with Crippen LogP contribution in [0.1, 0.15) is 30.0 Å². The van der Waals surface area contributed by atoms with Crippen molar-refractivity contribution in [2.45, 2.75) is 32.1 Å². The maximum absolute atomic E-state index is 13.9. The molecule has 0 saturated carbocycles. The number of oxazole rings is 1. The highest BCUT2D eigenvalue weighted by Crippen LogP contribution is 2.31. The van der Waals surface area contributed by atoms with Crippen LogP contribution >= 0.6 is 0 Å². The van der Waals surface area contributed by atoms with Crippen LogP contribution in [0.2, 0.25) is 0 Å². The van der Waals surface area contributed by atoms with Gasteiger partial charge < -0.3 is 9.73 Å². The lowest BCUT2D eigenvalue weighted by atomic mass is 10.2. The fourth-order valence-electron chi connectivity index (χ4n) is 3.90. The molecule has 2 aromatic heterocycles. The Balaban J connectivity index is 1.30. The molecule has 1 N–H and O–H groups in total. The molecule has 156 valence electrons. The number of aryl methyl sites for hydroxylation is 2. The first-order valence-electron chi connectivity index (χ1n) is 10.3. The third kappa shape index (κ3) is 3.86. The Bertz CT molecular complexity index is 1230. The molecule has 0 unspecified atom stereocenters. The third-order valence-corrected chi connectivity index (χ3v) is 5.42. The largest absolute Gasteiger partial charge is 0.441 e. The van der Waals surface area contributed by atoms with Crippen molar-refractivity contribution >= 4 is 11.7 Å². The highest BCUT2D eigenvalue weighted by molar-refractivity contribution is 5.91. The minimum Gasteiger partial charge on any atom is -0.441 e. The second kappa shape index (κ2) is 8.18. The number of benzene rings is 2. The first kappa shape index (κ1) is 19.2. The van der Waals surface area contributed by atoms with E-state index < -0.39 is 0 Å². The Hall–Kier alpha value is -3.74. The van der Waals surface area contributed by atoms with Crippen LogP contribution in [0.25, 0.3) is 17.0 Å². The first-order chi connectivity index (χ1) is 15.2. The van der Waals surface area contributed by atoms with Crippen LogP contribution in [0.15, 0.2) is 65.2 Å². The number of para-hydroxylation sites is 1. The lowest BCUT2D eigenvalue weighted by molar-refractivity contribution is -0.116. The van der Waals surface area contributed by atoms with E-state index in [2.05, 4.69) is 10.3 Å². The molecule has 7 heteroatoms. The van der Waals surface area contributed by atoms with Crippen molar-refractivity contribution in [1.29, 1.82) is 0 Å². The molecule has 1 aliphatic carbocycles. The summed E-state index contributed by atoms with van der Waals surface area (Å²) in [6.07, 6.45) is 4.89. The lowest BCUT2D eigenvalue weighted by Crippen LogP contribution is -2.16. The minimum absolute atomic E-state index is 0.141. The van der Waals surface area contributed by atoms with E-state index in [1.54, 1.807) is 18.2 Å². The Morgan fingerprint density at radius 1 is 1.10 bits per heavy atom. The van der Waals surface area contributed by atoms with Gasteiger partial charge in [0.15, 0.2) is 11.7 Å². The molecule has 0 atom stereocenters. The zero-order valence-electron chi connectivity index (χ0n) is 16.8. The number of carbonyl (C=O) groups excluding carboxylic acids is 1. The highest BCUT2D eigenvalue weighted by atomic mass is 19.1. The standard InChI is InChI=1S/C24H21FN4O2/c25-19-11-5-4-9-17(19)21-15-26-23(31-21)14-13-22(30)27-24-18-10-6-12-20(18)28-29(24)16-7-2-1-3-8-16/h1-5,7-9,11,15H,6,10,12-14H2,(H,27,30). The number of hydrogen-bond donors (Lipinski definition) is 1. The van der Waals surface area contributed by atoms with Gasteiger partial charge in [-0.3, -0.25) is 4.79 Å². The van der Waals surface area contributed by atoms with Gasteiger partial charge in [0, 0.05) is 18.4 Å². The van der Waals surface area contributed by atoms with Crippen molar-refractivity contribution < 1.29 is 13.6 Å². The number of nitrogens with one attached hydrogen (secondary N) is 1. The Morgan fingerprint density at radius 2 is 1.90 bits per heavy atom. The lowest BCUT2D eigenvalue weighted by Gasteiger charge is -2.10. The second-order valence-electron chi connectivity index (χ2n) is 7.52. The number of nitrogens with zero attached hydrogens (tertiary/aromatic N) is 3. The topological polar surface area (TPSA) is 73.0 Å². The minimum atomic E-state index is -0.369. The van der Waals surface area contributed by atoms with E-state index in [1.807, 2.05) is 35.0 Å². The van der Waals surface area contributed by atoms with Gasteiger partial charge in [-0.15, -0.1) is 0 Å². The number of fused-ring (bicyclic) bond motifs is 1. The highest BCUT2D eigenvalue weighted by Gasteiger charge is 2.24. The summed E-state index contributed by atoms with van der Waals surface area (Å²) in [6, 6.07) is 16.2. The van der Waals surface area contributed by atoms with Gasteiger partial charge in [-0.05, 0) is 43.5 Å². The number of aromatic nitrogens is 3. The van der Waals surface area contributed by atoms with E-state index in [-0.39, 0.29) is 18.1 Å². The van der Waals surface area contributed by atoms with Crippen molar-refractivity contribution in [3.05, 3.63) is 83.8 Å². The Kier molecular flexibility index (Phi) is 5.08. The van der Waals surface area contributed by atoms with Gasteiger partial charge >= 0.3 is 0 Å². The molecule has 1 aliphatic rings. The van der Waals surface area contributed by atoms with Crippen LogP contribution in [0, 0.1) is 5.82 Å². The molecule has 4 aromatic rings. The molecule has 1 amide bonds. The monoisotopic (exact) mass is 416 g/mol. The summed E-state index contributed by atoms with van der Waals surface area (Å²) >= 11 is 0. The number of hydrogen-bond acceptors (Lipinski definition) is 4. The van der Waals surface area contributed by atoms with Crippen LogP contribution in [-0.2, 0) is 24.1 Å². The Morgan fingerprint density at radius 3 is 2.74 bits per heavy atom. The van der Waals surface area contributed by atoms with E-state index >= 15 is 0 Å². The van der Waals surface area contributed by atoms with Gasteiger partial charge in [0.05, 0.1) is 23.1 Å². The predicted molar refractivity (Wildman–Crippen MR) is 114 cm³/mol. The van der Waals surface area contributed by atoms with Gasteiger partial charge in [0.2, 0.25) is 5.91 Å². The summed E-state index contributed by atoms with van der Waals surface area (Å²) in [5.74, 6) is 0.982. The fraction of sp³-hybridized carbons (Fsp3) is 0.208. The average molecular weight is 416 g/mol. The van der Waals surface area contributed by atoms with Gasteiger partial charge in [-0.2, -0.15) is 5.10 Å². The summed E-state index contributed by atoms with van der Waals surface area (Å²) < 4.78 is 21.4. The number of carbonyl (C=O) groups is 1. The van der Waals surface area contributed by atoms with E-state index in [1.165, 1.54) is 12.3 Å². The Labute approximate surface area is 178 Å². The fourth-order valence-corrected chi connectivity index (χ4v) is 3.90. The summed E-state index contributed by atoms with van der Waals surface area (Å²) in [7, 11) is 0. The van der Waals surface area contributed by atoms with Crippen molar-refractivity contribution in [1.82, 2.24) is 14.8 Å². The molecular weight excluding hydrogens is 395 g/mol. The molecule has 31 heavy (non-hydrogen) atoms. The zero-order valence-corrected chi connectivity index (χ0v) is 16.8. The average Bonchev–Trinajstić information content (AvgIpc) is 3.51. The number of halogens is 1. The molecular formula is C24H21FN4O2. The number of anilines is 1. The molecule has 6 nitrogen and oxygen atoms in total. The maximum atomic E-state index is 13.9. The summed E-state index contributed by atoms with van der Waals surface area (Å²) in [6.45, 7) is 0. The molecule has 0 fully saturated rings. The van der Waals surface area contributed by atoms with Crippen LogP contribution in [0.3, 0.4) is 0 Å². The molecule has 0 aliphatic heterocycles. The van der Waals surface area contributed by atoms with Crippen molar-refractivity contribution in [3.63, 3.8) is 0 Å². The van der Waals surface area contributed by atoms with Crippen LogP contribution in [-0.4, -0.2) is 20.7 Å². The molecule has 5 rings (SSSR count). The number of amides is 1. The SMILES string of the molecule is O=C(CCc1ncc(-c2ccccc2F)o1)Nc1c2c(nn1-c1ccccc1)CCC2. The molecule has 0 bridgehead atoms. The van der Waals surface area contributed by atoms with Crippen LogP contribution in [0.4, 0.5) is 10.2 Å². The molecule has 0 saturated heterocycles. The number of rotatable bonds is 6. The van der Waals surface area contributed by atoms with Crippen molar-refractivity contribution in [2.75, 3.05) is 5.32 Å². The van der Waals surface area contributed by atoms with Crippen LogP contribution in [0.5, 0.6) is 0 Å². The third-order valence-electron chi connectivity index (χ3n) is 5.42. The van der Waals surface area contributed by atoms with Crippen molar-refractivity contribution in [3.8, 4) is 17.0 Å². The zero-order chi connectivity index (χ0) is 21.2. The van der Waals surface area contributed by atoms with Gasteiger partial charge in [-0.25, -0.2) is 14.1 Å². The first-order valence-corrected chi connectivity index (χ1v) is 10.3. The van der Waals surface area contributed by atoms with Gasteiger partial charge in [-0.1, -0.05) is 30.3 Å².